The first-order chi connectivity index (χ1) is 10.3. The molecule has 0 unspecified atom stereocenters. The van der Waals surface area contributed by atoms with Gasteiger partial charge in [0.15, 0.2) is 0 Å². The van der Waals surface area contributed by atoms with Gasteiger partial charge in [-0.1, -0.05) is 17.7 Å². The van der Waals surface area contributed by atoms with E-state index >= 15 is 0 Å². The molecular weight excluding hydrogens is 324 g/mol. The van der Waals surface area contributed by atoms with Crippen LogP contribution in [0.1, 0.15) is 5.56 Å². The van der Waals surface area contributed by atoms with E-state index in [4.69, 9.17) is 11.6 Å². The minimum atomic E-state index is -3.53. The SMILES string of the molecule is Cc1ccc(Cl)cc1Nc1ccc(NS(=O)(=O)N(C)C)cn1. The van der Waals surface area contributed by atoms with Crippen LogP contribution in [0.4, 0.5) is 17.2 Å². The molecule has 2 N–H and O–H groups in total. The van der Waals surface area contributed by atoms with E-state index in [1.165, 1.54) is 20.3 Å². The quantitative estimate of drug-likeness (QED) is 0.877. The minimum Gasteiger partial charge on any atom is -0.340 e. The van der Waals surface area contributed by atoms with Crippen molar-refractivity contribution in [1.29, 1.82) is 0 Å². The lowest BCUT2D eigenvalue weighted by molar-refractivity contribution is 0.527. The van der Waals surface area contributed by atoms with Gasteiger partial charge < -0.3 is 5.32 Å². The third kappa shape index (κ3) is 4.09. The summed E-state index contributed by atoms with van der Waals surface area (Å²) in [4.78, 5) is 4.19. The number of nitrogens with one attached hydrogen (secondary N) is 2. The molecule has 22 heavy (non-hydrogen) atoms. The van der Waals surface area contributed by atoms with Crippen LogP contribution in [0.15, 0.2) is 36.5 Å². The second-order valence-corrected chi connectivity index (χ2v) is 7.23. The van der Waals surface area contributed by atoms with E-state index in [2.05, 4.69) is 15.0 Å². The molecule has 6 nitrogen and oxygen atoms in total. The molecule has 1 aromatic heterocycles. The number of aromatic nitrogens is 1. The molecule has 0 radical (unpaired) electrons. The van der Waals surface area contributed by atoms with Crippen LogP contribution >= 0.6 is 11.6 Å². The summed E-state index contributed by atoms with van der Waals surface area (Å²) < 4.78 is 26.9. The molecule has 0 aliphatic heterocycles. The normalized spacial score (nSPS) is 11.5. The number of pyridine rings is 1. The molecule has 2 rings (SSSR count). The summed E-state index contributed by atoms with van der Waals surface area (Å²) in [5.74, 6) is 0.596. The summed E-state index contributed by atoms with van der Waals surface area (Å²) in [5, 5.41) is 3.77. The van der Waals surface area contributed by atoms with Crippen LogP contribution in [0.25, 0.3) is 0 Å². The fourth-order valence-corrected chi connectivity index (χ4v) is 2.41. The molecule has 0 aliphatic rings. The number of hydrogen-bond donors (Lipinski definition) is 2. The van der Waals surface area contributed by atoms with Gasteiger partial charge in [0.05, 0.1) is 11.9 Å². The molecule has 0 atom stereocenters. The van der Waals surface area contributed by atoms with Crippen LogP contribution in [-0.2, 0) is 10.2 Å². The number of hydrogen-bond acceptors (Lipinski definition) is 4. The first kappa shape index (κ1) is 16.5. The monoisotopic (exact) mass is 340 g/mol. The van der Waals surface area contributed by atoms with Crippen LogP contribution in [0.5, 0.6) is 0 Å². The highest BCUT2D eigenvalue weighted by molar-refractivity contribution is 7.90. The number of rotatable bonds is 5. The Labute approximate surface area is 135 Å². The summed E-state index contributed by atoms with van der Waals surface area (Å²) in [6, 6.07) is 8.85. The van der Waals surface area contributed by atoms with Crippen LogP contribution in [0.3, 0.4) is 0 Å². The van der Waals surface area contributed by atoms with Crippen LogP contribution < -0.4 is 10.0 Å². The van der Waals surface area contributed by atoms with E-state index in [9.17, 15) is 8.42 Å². The Morgan fingerprint density at radius 2 is 1.91 bits per heavy atom. The zero-order valence-corrected chi connectivity index (χ0v) is 14.0. The van der Waals surface area contributed by atoms with Crippen LogP contribution in [-0.4, -0.2) is 31.8 Å². The predicted molar refractivity (Wildman–Crippen MR) is 89.9 cm³/mol. The molecule has 0 saturated carbocycles. The molecule has 0 fully saturated rings. The Morgan fingerprint density at radius 3 is 2.50 bits per heavy atom. The van der Waals surface area contributed by atoms with E-state index < -0.39 is 10.2 Å². The van der Waals surface area contributed by atoms with E-state index in [-0.39, 0.29) is 0 Å². The fourth-order valence-electron chi connectivity index (χ4n) is 1.64. The summed E-state index contributed by atoms with van der Waals surface area (Å²) >= 11 is 5.97. The molecule has 0 aliphatic carbocycles. The van der Waals surface area contributed by atoms with Gasteiger partial charge in [0, 0.05) is 24.8 Å². The number of benzene rings is 1. The second kappa shape index (κ2) is 6.51. The van der Waals surface area contributed by atoms with Gasteiger partial charge in [0.25, 0.3) is 0 Å². The molecule has 118 valence electrons. The van der Waals surface area contributed by atoms with Crippen molar-refractivity contribution in [3.63, 3.8) is 0 Å². The Kier molecular flexibility index (Phi) is 4.90. The molecule has 0 amide bonds. The molecule has 0 saturated heterocycles. The molecule has 1 aromatic carbocycles. The molecule has 0 bridgehead atoms. The largest absolute Gasteiger partial charge is 0.340 e. The van der Waals surface area contributed by atoms with Crippen molar-refractivity contribution in [2.45, 2.75) is 6.92 Å². The number of halogens is 1. The second-order valence-electron chi connectivity index (χ2n) is 4.91. The fraction of sp³-hybridized carbons (Fsp3) is 0.214. The van der Waals surface area contributed by atoms with Gasteiger partial charge in [0.1, 0.15) is 5.82 Å². The Bertz CT molecular complexity index is 761. The average Bonchev–Trinajstić information content (AvgIpc) is 2.44. The van der Waals surface area contributed by atoms with E-state index in [0.717, 1.165) is 15.6 Å². The third-order valence-electron chi connectivity index (χ3n) is 2.95. The van der Waals surface area contributed by atoms with Gasteiger partial charge in [-0.3, -0.25) is 4.72 Å². The van der Waals surface area contributed by atoms with Crippen molar-refractivity contribution >= 4 is 39.0 Å². The van der Waals surface area contributed by atoms with Crippen LogP contribution in [0.2, 0.25) is 5.02 Å². The number of aryl methyl sites for hydroxylation is 1. The van der Waals surface area contributed by atoms with Crippen molar-refractivity contribution in [3.8, 4) is 0 Å². The number of nitrogens with zero attached hydrogens (tertiary/aromatic N) is 2. The predicted octanol–water partition coefficient (Wildman–Crippen LogP) is 3.01. The highest BCUT2D eigenvalue weighted by Crippen LogP contribution is 2.23. The highest BCUT2D eigenvalue weighted by Gasteiger charge is 2.13. The minimum absolute atomic E-state index is 0.391. The molecule has 2 aromatic rings. The zero-order valence-electron chi connectivity index (χ0n) is 12.5. The standard InChI is InChI=1S/C14H17ClN4O2S/c1-10-4-5-11(15)8-13(10)17-14-7-6-12(9-16-14)18-22(20,21)19(2)3/h4-9,18H,1-3H3,(H,16,17). The van der Waals surface area contributed by atoms with Crippen molar-refractivity contribution < 1.29 is 8.42 Å². The van der Waals surface area contributed by atoms with Crippen molar-refractivity contribution in [1.82, 2.24) is 9.29 Å². The van der Waals surface area contributed by atoms with Gasteiger partial charge in [-0.25, -0.2) is 4.98 Å². The first-order valence-corrected chi connectivity index (χ1v) is 8.29. The Morgan fingerprint density at radius 1 is 1.18 bits per heavy atom. The molecule has 0 spiro atoms. The summed E-state index contributed by atoms with van der Waals surface area (Å²) in [5.41, 5.74) is 2.27. The van der Waals surface area contributed by atoms with Gasteiger partial charge in [-0.2, -0.15) is 12.7 Å². The lowest BCUT2D eigenvalue weighted by Crippen LogP contribution is -2.28. The molecule has 8 heteroatoms. The lowest BCUT2D eigenvalue weighted by Gasteiger charge is -2.14. The smallest absolute Gasteiger partial charge is 0.301 e. The first-order valence-electron chi connectivity index (χ1n) is 6.47. The summed E-state index contributed by atoms with van der Waals surface area (Å²) in [7, 11) is -0.626. The van der Waals surface area contributed by atoms with Crippen LogP contribution in [0, 0.1) is 6.92 Å². The summed E-state index contributed by atoms with van der Waals surface area (Å²) in [6.45, 7) is 1.96. The topological polar surface area (TPSA) is 74.3 Å². The van der Waals surface area contributed by atoms with Crippen molar-refractivity contribution in [2.75, 3.05) is 24.1 Å². The molecular formula is C14H17ClN4O2S. The van der Waals surface area contributed by atoms with Crippen molar-refractivity contribution in [3.05, 3.63) is 47.1 Å². The maximum atomic E-state index is 11.7. The van der Waals surface area contributed by atoms with Gasteiger partial charge in [-0.05, 0) is 36.8 Å². The lowest BCUT2D eigenvalue weighted by atomic mass is 10.2. The van der Waals surface area contributed by atoms with Gasteiger partial charge in [-0.15, -0.1) is 0 Å². The van der Waals surface area contributed by atoms with Crippen molar-refractivity contribution in [2.24, 2.45) is 0 Å². The average molecular weight is 341 g/mol. The van der Waals surface area contributed by atoms with E-state index in [1.54, 1.807) is 18.2 Å². The van der Waals surface area contributed by atoms with E-state index in [1.807, 2.05) is 19.1 Å². The maximum absolute atomic E-state index is 11.7. The van der Waals surface area contributed by atoms with E-state index in [0.29, 0.717) is 16.5 Å². The Balaban J connectivity index is 2.14. The van der Waals surface area contributed by atoms with Gasteiger partial charge >= 0.3 is 10.2 Å². The summed E-state index contributed by atoms with van der Waals surface area (Å²) in [6.07, 6.45) is 1.45. The third-order valence-corrected chi connectivity index (χ3v) is 4.64. The zero-order chi connectivity index (χ0) is 16.3. The highest BCUT2D eigenvalue weighted by atomic mass is 35.5. The Hall–Kier alpha value is -1.83. The molecule has 1 heterocycles. The number of anilines is 3. The maximum Gasteiger partial charge on any atom is 0.301 e. The van der Waals surface area contributed by atoms with Gasteiger partial charge in [0.2, 0.25) is 0 Å².